The molecule has 1 aromatic rings. The number of ether oxygens (including phenoxy) is 1. The first-order valence-corrected chi connectivity index (χ1v) is 7.13. The molecule has 0 radical (unpaired) electrons. The number of hydrogen-bond acceptors (Lipinski definition) is 4. The zero-order chi connectivity index (χ0) is 14.4. The molecular weight excluding hydrogens is 259 g/mol. The Bertz CT molecular complexity index is 422. The first-order chi connectivity index (χ1) is 9.70. The molecule has 1 aliphatic heterocycles. The summed E-state index contributed by atoms with van der Waals surface area (Å²) in [7, 11) is 1.78. The lowest BCUT2D eigenvalue weighted by atomic mass is 10.1. The largest absolute Gasteiger partial charge is 0.395 e. The molecule has 0 aliphatic carbocycles. The van der Waals surface area contributed by atoms with Crippen LogP contribution in [-0.2, 0) is 11.3 Å². The summed E-state index contributed by atoms with van der Waals surface area (Å²) in [5.74, 6) is -0.260. The van der Waals surface area contributed by atoms with E-state index in [1.165, 1.54) is 6.07 Å². The highest BCUT2D eigenvalue weighted by atomic mass is 19.1. The molecule has 1 atom stereocenters. The number of nitrogens with zero attached hydrogens (tertiary/aromatic N) is 1. The second-order valence-corrected chi connectivity index (χ2v) is 5.20. The molecule has 2 rings (SSSR count). The molecule has 0 amide bonds. The SMILES string of the molecule is CN(CCO)c1cc(CNCC2CCCO2)ccc1F. The third-order valence-corrected chi connectivity index (χ3v) is 3.58. The number of aliphatic hydroxyl groups excluding tert-OH is 1. The van der Waals surface area contributed by atoms with Gasteiger partial charge < -0.3 is 20.1 Å². The Morgan fingerprint density at radius 1 is 1.50 bits per heavy atom. The average molecular weight is 282 g/mol. The van der Waals surface area contributed by atoms with Crippen molar-refractivity contribution in [2.45, 2.75) is 25.5 Å². The number of anilines is 1. The van der Waals surface area contributed by atoms with E-state index in [1.807, 2.05) is 6.07 Å². The van der Waals surface area contributed by atoms with Gasteiger partial charge in [0, 0.05) is 33.3 Å². The van der Waals surface area contributed by atoms with Gasteiger partial charge in [0.25, 0.3) is 0 Å². The lowest BCUT2D eigenvalue weighted by Gasteiger charge is -2.19. The van der Waals surface area contributed by atoms with Crippen molar-refractivity contribution in [1.29, 1.82) is 0 Å². The van der Waals surface area contributed by atoms with Gasteiger partial charge in [-0.25, -0.2) is 4.39 Å². The molecule has 5 heteroatoms. The number of aliphatic hydroxyl groups is 1. The van der Waals surface area contributed by atoms with Crippen molar-refractivity contribution in [3.63, 3.8) is 0 Å². The number of hydrogen-bond donors (Lipinski definition) is 2. The quantitative estimate of drug-likeness (QED) is 0.796. The van der Waals surface area contributed by atoms with Crippen LogP contribution in [0.3, 0.4) is 0 Å². The maximum Gasteiger partial charge on any atom is 0.146 e. The highest BCUT2D eigenvalue weighted by Crippen LogP contribution is 2.20. The van der Waals surface area contributed by atoms with Gasteiger partial charge in [-0.05, 0) is 30.5 Å². The fraction of sp³-hybridized carbons (Fsp3) is 0.600. The third kappa shape index (κ3) is 4.16. The molecule has 20 heavy (non-hydrogen) atoms. The number of benzene rings is 1. The molecule has 1 heterocycles. The van der Waals surface area contributed by atoms with Gasteiger partial charge in [0.1, 0.15) is 5.82 Å². The maximum absolute atomic E-state index is 13.7. The van der Waals surface area contributed by atoms with E-state index in [4.69, 9.17) is 9.84 Å². The van der Waals surface area contributed by atoms with Gasteiger partial charge in [0.15, 0.2) is 0 Å². The third-order valence-electron chi connectivity index (χ3n) is 3.58. The summed E-state index contributed by atoms with van der Waals surface area (Å²) in [6, 6.07) is 5.09. The molecular formula is C15H23FN2O2. The minimum Gasteiger partial charge on any atom is -0.395 e. The molecule has 1 unspecified atom stereocenters. The van der Waals surface area contributed by atoms with E-state index >= 15 is 0 Å². The summed E-state index contributed by atoms with van der Waals surface area (Å²) in [5.41, 5.74) is 1.56. The van der Waals surface area contributed by atoms with Gasteiger partial charge >= 0.3 is 0 Å². The monoisotopic (exact) mass is 282 g/mol. The minimum atomic E-state index is -0.260. The van der Waals surface area contributed by atoms with Gasteiger partial charge in [0.05, 0.1) is 18.4 Å². The maximum atomic E-state index is 13.7. The molecule has 0 spiro atoms. The van der Waals surface area contributed by atoms with Gasteiger partial charge in [0.2, 0.25) is 0 Å². The molecule has 4 nitrogen and oxygen atoms in total. The van der Waals surface area contributed by atoms with Gasteiger partial charge in [-0.3, -0.25) is 0 Å². The van der Waals surface area contributed by atoms with Crippen molar-refractivity contribution in [1.82, 2.24) is 5.32 Å². The second kappa shape index (κ2) is 7.57. The molecule has 0 bridgehead atoms. The van der Waals surface area contributed by atoms with E-state index in [-0.39, 0.29) is 12.4 Å². The zero-order valence-electron chi connectivity index (χ0n) is 11.9. The molecule has 1 aromatic carbocycles. The van der Waals surface area contributed by atoms with E-state index in [2.05, 4.69) is 5.32 Å². The van der Waals surface area contributed by atoms with Crippen molar-refractivity contribution in [3.8, 4) is 0 Å². The molecule has 2 N–H and O–H groups in total. The van der Waals surface area contributed by atoms with Crippen LogP contribution in [0.2, 0.25) is 0 Å². The van der Waals surface area contributed by atoms with E-state index < -0.39 is 0 Å². The predicted molar refractivity (Wildman–Crippen MR) is 77.4 cm³/mol. The van der Waals surface area contributed by atoms with Crippen LogP contribution >= 0.6 is 0 Å². The Morgan fingerprint density at radius 3 is 3.05 bits per heavy atom. The van der Waals surface area contributed by atoms with Crippen molar-refractivity contribution < 1.29 is 14.2 Å². The summed E-state index contributed by atoms with van der Waals surface area (Å²) in [6.45, 7) is 2.82. The zero-order valence-corrected chi connectivity index (χ0v) is 11.9. The average Bonchev–Trinajstić information content (AvgIpc) is 2.94. The first-order valence-electron chi connectivity index (χ1n) is 7.13. The van der Waals surface area contributed by atoms with Crippen molar-refractivity contribution >= 4 is 5.69 Å². The molecule has 1 fully saturated rings. The number of halogens is 1. The fourth-order valence-electron chi connectivity index (χ4n) is 2.41. The summed E-state index contributed by atoms with van der Waals surface area (Å²) in [5, 5.41) is 12.3. The van der Waals surface area contributed by atoms with E-state index in [0.717, 1.165) is 31.6 Å². The van der Waals surface area contributed by atoms with Crippen LogP contribution < -0.4 is 10.2 Å². The standard InChI is InChI=1S/C15H23FN2O2/c1-18(6-7-19)15-9-12(4-5-14(15)16)10-17-11-13-3-2-8-20-13/h4-5,9,13,17,19H,2-3,6-8,10-11H2,1H3. The minimum absolute atomic E-state index is 0.0113. The summed E-state index contributed by atoms with van der Waals surface area (Å²) >= 11 is 0. The van der Waals surface area contributed by atoms with Crippen LogP contribution in [0.4, 0.5) is 10.1 Å². The fourth-order valence-corrected chi connectivity index (χ4v) is 2.41. The van der Waals surface area contributed by atoms with Crippen LogP contribution in [0, 0.1) is 5.82 Å². The number of rotatable bonds is 7. The van der Waals surface area contributed by atoms with E-state index in [1.54, 1.807) is 18.0 Å². The van der Waals surface area contributed by atoms with E-state index in [9.17, 15) is 4.39 Å². The van der Waals surface area contributed by atoms with Crippen LogP contribution in [0.1, 0.15) is 18.4 Å². The predicted octanol–water partition coefficient (Wildman–Crippen LogP) is 1.52. The summed E-state index contributed by atoms with van der Waals surface area (Å²) in [4.78, 5) is 1.72. The Morgan fingerprint density at radius 2 is 2.35 bits per heavy atom. The Labute approximate surface area is 119 Å². The molecule has 112 valence electrons. The van der Waals surface area contributed by atoms with Crippen LogP contribution in [0.25, 0.3) is 0 Å². The van der Waals surface area contributed by atoms with Crippen molar-refractivity contribution in [2.24, 2.45) is 0 Å². The van der Waals surface area contributed by atoms with Gasteiger partial charge in [-0.1, -0.05) is 6.07 Å². The smallest absolute Gasteiger partial charge is 0.146 e. The van der Waals surface area contributed by atoms with Crippen LogP contribution in [-0.4, -0.2) is 44.6 Å². The normalized spacial score (nSPS) is 18.4. The van der Waals surface area contributed by atoms with Gasteiger partial charge in [-0.2, -0.15) is 0 Å². The summed E-state index contributed by atoms with van der Waals surface area (Å²) < 4.78 is 19.3. The van der Waals surface area contributed by atoms with Crippen LogP contribution in [0.15, 0.2) is 18.2 Å². The highest BCUT2D eigenvalue weighted by molar-refractivity contribution is 5.49. The van der Waals surface area contributed by atoms with Crippen molar-refractivity contribution in [2.75, 3.05) is 38.3 Å². The topological polar surface area (TPSA) is 44.7 Å². The Balaban J connectivity index is 1.89. The first kappa shape index (κ1) is 15.2. The van der Waals surface area contributed by atoms with Crippen molar-refractivity contribution in [3.05, 3.63) is 29.6 Å². The second-order valence-electron chi connectivity index (χ2n) is 5.20. The molecule has 1 saturated heterocycles. The highest BCUT2D eigenvalue weighted by Gasteiger charge is 2.14. The summed E-state index contributed by atoms with van der Waals surface area (Å²) in [6.07, 6.45) is 2.56. The lowest BCUT2D eigenvalue weighted by molar-refractivity contribution is 0.110. The molecule has 1 aliphatic rings. The molecule has 0 aromatic heterocycles. The lowest BCUT2D eigenvalue weighted by Crippen LogP contribution is -2.26. The number of likely N-dealkylation sites (N-methyl/N-ethyl adjacent to an activating group) is 1. The van der Waals surface area contributed by atoms with Gasteiger partial charge in [-0.15, -0.1) is 0 Å². The van der Waals surface area contributed by atoms with E-state index in [0.29, 0.717) is 24.9 Å². The molecule has 0 saturated carbocycles. The number of nitrogens with one attached hydrogen (secondary N) is 1. The Kier molecular flexibility index (Phi) is 5.76. The Hall–Kier alpha value is -1.17. The van der Waals surface area contributed by atoms with Crippen LogP contribution in [0.5, 0.6) is 0 Å².